The SMILES string of the molecule is CC(NC(=S)NC(=O)/C=C/c1ccc(F)cc1)C12CC3CC(CC(C3)C1)C2. The average Bonchev–Trinajstić information content (AvgIpc) is 2.60. The molecule has 2 N–H and O–H groups in total. The minimum atomic E-state index is -0.291. The van der Waals surface area contributed by atoms with Crippen molar-refractivity contribution in [2.45, 2.75) is 51.5 Å². The first-order valence-corrected chi connectivity index (χ1v) is 10.4. The highest BCUT2D eigenvalue weighted by Gasteiger charge is 2.53. The third kappa shape index (κ3) is 4.08. The fourth-order valence-corrected chi connectivity index (χ4v) is 6.27. The van der Waals surface area contributed by atoms with E-state index in [0.717, 1.165) is 23.3 Å². The van der Waals surface area contributed by atoms with E-state index in [1.54, 1.807) is 18.2 Å². The fourth-order valence-electron chi connectivity index (χ4n) is 5.99. The Hall–Kier alpha value is -1.75. The summed E-state index contributed by atoms with van der Waals surface area (Å²) in [7, 11) is 0. The van der Waals surface area contributed by atoms with Gasteiger partial charge in [-0.2, -0.15) is 0 Å². The monoisotopic (exact) mass is 386 g/mol. The molecule has 3 nitrogen and oxygen atoms in total. The van der Waals surface area contributed by atoms with Gasteiger partial charge in [0.15, 0.2) is 5.11 Å². The van der Waals surface area contributed by atoms with Crippen LogP contribution in [0.15, 0.2) is 30.3 Å². The Kier molecular flexibility index (Phi) is 5.06. The van der Waals surface area contributed by atoms with Crippen LogP contribution in [0.25, 0.3) is 6.08 Å². The molecule has 4 fully saturated rings. The van der Waals surface area contributed by atoms with Gasteiger partial charge in [0.2, 0.25) is 5.91 Å². The van der Waals surface area contributed by atoms with Gasteiger partial charge in [0, 0.05) is 12.1 Å². The summed E-state index contributed by atoms with van der Waals surface area (Å²) in [5.41, 5.74) is 1.11. The van der Waals surface area contributed by atoms with Gasteiger partial charge < -0.3 is 5.32 Å². The average molecular weight is 387 g/mol. The van der Waals surface area contributed by atoms with Crippen LogP contribution >= 0.6 is 12.2 Å². The first-order chi connectivity index (χ1) is 12.9. The fraction of sp³-hybridized carbons (Fsp3) is 0.545. The van der Waals surface area contributed by atoms with E-state index in [2.05, 4.69) is 17.6 Å². The van der Waals surface area contributed by atoms with Crippen molar-refractivity contribution in [2.75, 3.05) is 0 Å². The second kappa shape index (κ2) is 7.34. The van der Waals surface area contributed by atoms with Crippen molar-refractivity contribution in [1.29, 1.82) is 0 Å². The summed E-state index contributed by atoms with van der Waals surface area (Å²) in [5.74, 6) is 2.11. The first-order valence-electron chi connectivity index (χ1n) is 9.97. The van der Waals surface area contributed by atoms with Crippen molar-refractivity contribution in [3.05, 3.63) is 41.7 Å². The smallest absolute Gasteiger partial charge is 0.250 e. The van der Waals surface area contributed by atoms with Gasteiger partial charge in [-0.25, -0.2) is 4.39 Å². The number of carbonyl (C=O) groups excluding carboxylic acids is 1. The van der Waals surface area contributed by atoms with Crippen LogP contribution in [0.4, 0.5) is 4.39 Å². The van der Waals surface area contributed by atoms with E-state index < -0.39 is 0 Å². The van der Waals surface area contributed by atoms with Gasteiger partial charge in [-0.1, -0.05) is 12.1 Å². The molecular formula is C22H27FN2OS. The number of hydrogen-bond acceptors (Lipinski definition) is 2. The Morgan fingerprint density at radius 3 is 2.26 bits per heavy atom. The molecule has 5 heteroatoms. The van der Waals surface area contributed by atoms with Crippen LogP contribution in [0.2, 0.25) is 0 Å². The van der Waals surface area contributed by atoms with Gasteiger partial charge in [0.05, 0.1) is 0 Å². The molecule has 4 bridgehead atoms. The lowest BCUT2D eigenvalue weighted by atomic mass is 9.48. The topological polar surface area (TPSA) is 41.1 Å². The van der Waals surface area contributed by atoms with Crippen molar-refractivity contribution in [2.24, 2.45) is 23.2 Å². The normalized spacial score (nSPS) is 32.4. The molecule has 27 heavy (non-hydrogen) atoms. The molecule has 1 atom stereocenters. The second-order valence-corrected chi connectivity index (χ2v) is 9.26. The third-order valence-electron chi connectivity index (χ3n) is 6.89. The van der Waals surface area contributed by atoms with Crippen LogP contribution in [0.1, 0.15) is 51.0 Å². The lowest BCUT2D eigenvalue weighted by Crippen LogP contribution is -2.57. The molecule has 1 unspecified atom stereocenters. The maximum Gasteiger partial charge on any atom is 0.250 e. The third-order valence-corrected chi connectivity index (χ3v) is 7.11. The highest BCUT2D eigenvalue weighted by atomic mass is 32.1. The largest absolute Gasteiger partial charge is 0.359 e. The van der Waals surface area contributed by atoms with Gasteiger partial charge in [0.1, 0.15) is 5.82 Å². The van der Waals surface area contributed by atoms with E-state index in [1.807, 2.05) is 0 Å². The Morgan fingerprint density at radius 2 is 1.70 bits per heavy atom. The molecule has 1 amide bonds. The number of rotatable bonds is 4. The van der Waals surface area contributed by atoms with Gasteiger partial charge in [-0.3, -0.25) is 10.1 Å². The molecule has 144 valence electrons. The maximum atomic E-state index is 12.9. The van der Waals surface area contributed by atoms with E-state index in [0.29, 0.717) is 10.5 Å². The molecule has 4 saturated carbocycles. The van der Waals surface area contributed by atoms with Crippen molar-refractivity contribution in [1.82, 2.24) is 10.6 Å². The lowest BCUT2D eigenvalue weighted by molar-refractivity contribution is -0.115. The van der Waals surface area contributed by atoms with E-state index in [4.69, 9.17) is 12.2 Å². The molecule has 4 aliphatic rings. The number of hydrogen-bond donors (Lipinski definition) is 2. The van der Waals surface area contributed by atoms with E-state index in [1.165, 1.54) is 56.7 Å². The predicted octanol–water partition coefficient (Wildman–Crippen LogP) is 4.43. The van der Waals surface area contributed by atoms with Gasteiger partial charge in [0.25, 0.3) is 0 Å². The second-order valence-electron chi connectivity index (χ2n) is 8.85. The number of benzene rings is 1. The first kappa shape index (κ1) is 18.6. The number of amides is 1. The molecule has 0 aromatic heterocycles. The minimum absolute atomic E-state index is 0.269. The zero-order chi connectivity index (χ0) is 19.0. The summed E-state index contributed by atoms with van der Waals surface area (Å²) >= 11 is 5.38. The van der Waals surface area contributed by atoms with E-state index in [-0.39, 0.29) is 17.8 Å². The van der Waals surface area contributed by atoms with Crippen LogP contribution < -0.4 is 10.6 Å². The van der Waals surface area contributed by atoms with Crippen molar-refractivity contribution in [3.8, 4) is 0 Å². The summed E-state index contributed by atoms with van der Waals surface area (Å²) in [6, 6.07) is 6.28. The number of thiocarbonyl (C=S) groups is 1. The molecular weight excluding hydrogens is 359 g/mol. The summed E-state index contributed by atoms with van der Waals surface area (Å²) in [5, 5.41) is 6.53. The molecule has 0 saturated heterocycles. The van der Waals surface area contributed by atoms with Crippen molar-refractivity contribution < 1.29 is 9.18 Å². The number of halogens is 1. The molecule has 0 aliphatic heterocycles. The van der Waals surface area contributed by atoms with Crippen LogP contribution in [0, 0.1) is 29.0 Å². The van der Waals surface area contributed by atoms with Gasteiger partial charge in [-0.15, -0.1) is 0 Å². The quantitative estimate of drug-likeness (QED) is 0.594. The minimum Gasteiger partial charge on any atom is -0.359 e. The molecule has 1 aromatic carbocycles. The standard InChI is InChI=1S/C22H27FN2OS/c1-14(22-11-16-8-17(12-22)10-18(9-16)13-22)24-21(27)25-20(26)7-4-15-2-5-19(23)6-3-15/h2-7,14,16-18H,8-13H2,1H3,(H2,24,25,26,27)/b7-4+. The van der Waals surface area contributed by atoms with Gasteiger partial charge >= 0.3 is 0 Å². The van der Waals surface area contributed by atoms with Crippen LogP contribution in [-0.2, 0) is 4.79 Å². The zero-order valence-corrected chi connectivity index (χ0v) is 16.5. The van der Waals surface area contributed by atoms with E-state index in [9.17, 15) is 9.18 Å². The van der Waals surface area contributed by atoms with Crippen molar-refractivity contribution >= 4 is 29.3 Å². The Morgan fingerprint density at radius 1 is 1.15 bits per heavy atom. The van der Waals surface area contributed by atoms with Crippen LogP contribution in [0.5, 0.6) is 0 Å². The van der Waals surface area contributed by atoms with Crippen LogP contribution in [0.3, 0.4) is 0 Å². The summed E-state index contributed by atoms with van der Waals surface area (Å²) in [4.78, 5) is 12.1. The highest BCUT2D eigenvalue weighted by Crippen LogP contribution is 2.61. The van der Waals surface area contributed by atoms with Gasteiger partial charge in [-0.05, 0) is 105 Å². The summed E-state index contributed by atoms with van der Waals surface area (Å²) in [6.07, 6.45) is 11.2. The molecule has 0 heterocycles. The lowest BCUT2D eigenvalue weighted by Gasteiger charge is -2.59. The molecule has 4 aliphatic carbocycles. The Labute approximate surface area is 165 Å². The number of carbonyl (C=O) groups is 1. The number of nitrogens with one attached hydrogen (secondary N) is 2. The van der Waals surface area contributed by atoms with E-state index >= 15 is 0 Å². The molecule has 0 radical (unpaired) electrons. The summed E-state index contributed by atoms with van der Waals surface area (Å²) < 4.78 is 12.9. The van der Waals surface area contributed by atoms with Crippen LogP contribution in [-0.4, -0.2) is 17.1 Å². The summed E-state index contributed by atoms with van der Waals surface area (Å²) in [6.45, 7) is 2.22. The molecule has 1 aromatic rings. The highest BCUT2D eigenvalue weighted by molar-refractivity contribution is 7.80. The predicted molar refractivity (Wildman–Crippen MR) is 109 cm³/mol. The zero-order valence-electron chi connectivity index (χ0n) is 15.7. The molecule has 5 rings (SSSR count). The van der Waals surface area contributed by atoms with Crippen molar-refractivity contribution in [3.63, 3.8) is 0 Å². The maximum absolute atomic E-state index is 12.9. The Bertz CT molecular complexity index is 723. The molecule has 0 spiro atoms. The Balaban J connectivity index is 1.31.